The molecule has 132 valence electrons. The number of rotatable bonds is 6. The fraction of sp³-hybridized carbons (Fsp3) is 0.300. The lowest BCUT2D eigenvalue weighted by Gasteiger charge is -2.22. The van der Waals surface area contributed by atoms with E-state index >= 15 is 0 Å². The molecule has 0 saturated carbocycles. The van der Waals surface area contributed by atoms with E-state index in [1.807, 2.05) is 24.3 Å². The highest BCUT2D eigenvalue weighted by Crippen LogP contribution is 2.20. The van der Waals surface area contributed by atoms with Crippen molar-refractivity contribution in [2.45, 2.75) is 26.7 Å². The smallest absolute Gasteiger partial charge is 0.254 e. The molecule has 0 bridgehead atoms. The molecular weight excluding hydrogens is 319 g/mol. The van der Waals surface area contributed by atoms with Gasteiger partial charge >= 0.3 is 0 Å². The summed E-state index contributed by atoms with van der Waals surface area (Å²) in [6.45, 7) is 6.25. The van der Waals surface area contributed by atoms with Crippen molar-refractivity contribution >= 4 is 17.5 Å². The van der Waals surface area contributed by atoms with Crippen LogP contribution in [0.3, 0.4) is 0 Å². The van der Waals surface area contributed by atoms with Gasteiger partial charge in [-0.3, -0.25) is 9.59 Å². The van der Waals surface area contributed by atoms with Gasteiger partial charge in [0.15, 0.2) is 0 Å². The van der Waals surface area contributed by atoms with Crippen molar-refractivity contribution < 1.29 is 14.0 Å². The molecule has 0 atom stereocenters. The molecule has 0 aliphatic heterocycles. The molecule has 2 rings (SSSR count). The maximum atomic E-state index is 13.6. The highest BCUT2D eigenvalue weighted by molar-refractivity contribution is 5.95. The van der Waals surface area contributed by atoms with Crippen LogP contribution in [-0.2, 0) is 4.79 Å². The average molecular weight is 342 g/mol. The van der Waals surface area contributed by atoms with Crippen LogP contribution in [0, 0.1) is 5.82 Å². The van der Waals surface area contributed by atoms with Crippen LogP contribution in [0.4, 0.5) is 10.1 Å². The zero-order chi connectivity index (χ0) is 18.4. The average Bonchev–Trinajstić information content (AvgIpc) is 2.58. The first kappa shape index (κ1) is 18.6. The van der Waals surface area contributed by atoms with E-state index in [0.29, 0.717) is 12.5 Å². The van der Waals surface area contributed by atoms with Crippen molar-refractivity contribution in [3.63, 3.8) is 0 Å². The van der Waals surface area contributed by atoms with Gasteiger partial charge in [0.1, 0.15) is 5.82 Å². The predicted octanol–water partition coefficient (Wildman–Crippen LogP) is 3.73. The van der Waals surface area contributed by atoms with E-state index in [1.165, 1.54) is 30.7 Å². The molecule has 0 spiro atoms. The third kappa shape index (κ3) is 4.89. The van der Waals surface area contributed by atoms with Gasteiger partial charge in [-0.1, -0.05) is 38.1 Å². The largest absolute Gasteiger partial charge is 0.350 e. The van der Waals surface area contributed by atoms with Gasteiger partial charge in [-0.2, -0.15) is 0 Å². The van der Waals surface area contributed by atoms with Gasteiger partial charge < -0.3 is 10.2 Å². The number of nitrogens with zero attached hydrogens (tertiary/aromatic N) is 1. The van der Waals surface area contributed by atoms with Gasteiger partial charge in [-0.15, -0.1) is 0 Å². The Kier molecular flexibility index (Phi) is 6.28. The summed E-state index contributed by atoms with van der Waals surface area (Å²) >= 11 is 0. The third-order valence-corrected chi connectivity index (χ3v) is 3.99. The monoisotopic (exact) mass is 342 g/mol. The molecule has 0 radical (unpaired) electrons. The van der Waals surface area contributed by atoms with E-state index in [2.05, 4.69) is 19.2 Å². The molecule has 0 saturated heterocycles. The minimum Gasteiger partial charge on any atom is -0.350 e. The van der Waals surface area contributed by atoms with Crippen LogP contribution in [0.25, 0.3) is 0 Å². The van der Waals surface area contributed by atoms with Crippen LogP contribution < -0.4 is 10.2 Å². The first-order chi connectivity index (χ1) is 11.9. The number of hydrogen-bond acceptors (Lipinski definition) is 2. The van der Waals surface area contributed by atoms with Crippen LogP contribution in [0.15, 0.2) is 48.5 Å². The number of halogens is 1. The van der Waals surface area contributed by atoms with Gasteiger partial charge in [-0.25, -0.2) is 4.39 Å². The second-order valence-electron chi connectivity index (χ2n) is 6.15. The molecular formula is C20H23FN2O2. The fourth-order valence-corrected chi connectivity index (χ4v) is 2.53. The first-order valence-corrected chi connectivity index (χ1v) is 8.31. The SMILES string of the molecule is CC(=O)N(CCNC(=O)c1ccccc1F)c1ccc(C(C)C)cc1. The number of anilines is 1. The van der Waals surface area contributed by atoms with Gasteiger partial charge in [0.25, 0.3) is 5.91 Å². The molecule has 4 nitrogen and oxygen atoms in total. The number of benzene rings is 2. The van der Waals surface area contributed by atoms with Crippen LogP contribution in [-0.4, -0.2) is 24.9 Å². The number of amides is 2. The topological polar surface area (TPSA) is 49.4 Å². The minimum absolute atomic E-state index is 0.00170. The third-order valence-electron chi connectivity index (χ3n) is 3.99. The molecule has 0 unspecified atom stereocenters. The standard InChI is InChI=1S/C20H23FN2O2/c1-14(2)16-8-10-17(11-9-16)23(15(3)24)13-12-22-20(25)18-6-4-5-7-19(18)21/h4-11,14H,12-13H2,1-3H3,(H,22,25). The van der Waals surface area contributed by atoms with Crippen molar-refractivity contribution in [1.29, 1.82) is 0 Å². The van der Waals surface area contributed by atoms with Crippen LogP contribution >= 0.6 is 0 Å². The summed E-state index contributed by atoms with van der Waals surface area (Å²) in [5.41, 5.74) is 1.97. The second-order valence-corrected chi connectivity index (χ2v) is 6.15. The van der Waals surface area contributed by atoms with Crippen molar-refractivity contribution in [3.8, 4) is 0 Å². The van der Waals surface area contributed by atoms with Gasteiger partial charge in [0.2, 0.25) is 5.91 Å². The zero-order valence-corrected chi connectivity index (χ0v) is 14.8. The molecule has 0 fully saturated rings. The highest BCUT2D eigenvalue weighted by Gasteiger charge is 2.14. The minimum atomic E-state index is -0.562. The molecule has 2 aromatic carbocycles. The molecule has 5 heteroatoms. The van der Waals surface area contributed by atoms with E-state index in [-0.39, 0.29) is 18.0 Å². The number of hydrogen-bond donors (Lipinski definition) is 1. The second kappa shape index (κ2) is 8.42. The molecule has 2 aromatic rings. The van der Waals surface area contributed by atoms with Crippen LogP contribution in [0.5, 0.6) is 0 Å². The van der Waals surface area contributed by atoms with Crippen molar-refractivity contribution in [3.05, 3.63) is 65.5 Å². The molecule has 0 aliphatic carbocycles. The summed E-state index contributed by atoms with van der Waals surface area (Å²) in [4.78, 5) is 25.5. The Labute approximate surface area is 147 Å². The summed E-state index contributed by atoms with van der Waals surface area (Å²) < 4.78 is 13.6. The van der Waals surface area contributed by atoms with E-state index in [9.17, 15) is 14.0 Å². The Morgan fingerprint density at radius 2 is 1.72 bits per heavy atom. The first-order valence-electron chi connectivity index (χ1n) is 8.31. The summed E-state index contributed by atoms with van der Waals surface area (Å²) in [5.74, 6) is -0.748. The quantitative estimate of drug-likeness (QED) is 0.869. The lowest BCUT2D eigenvalue weighted by atomic mass is 10.0. The van der Waals surface area contributed by atoms with Crippen LogP contribution in [0.1, 0.15) is 42.6 Å². The van der Waals surface area contributed by atoms with E-state index in [0.717, 1.165) is 5.69 Å². The highest BCUT2D eigenvalue weighted by atomic mass is 19.1. The van der Waals surface area contributed by atoms with Crippen LogP contribution in [0.2, 0.25) is 0 Å². The number of carbonyl (C=O) groups is 2. The predicted molar refractivity (Wildman–Crippen MR) is 97.3 cm³/mol. The molecule has 2 amide bonds. The lowest BCUT2D eigenvalue weighted by molar-refractivity contribution is -0.116. The number of carbonyl (C=O) groups excluding carboxylic acids is 2. The zero-order valence-electron chi connectivity index (χ0n) is 14.8. The molecule has 0 heterocycles. The molecule has 0 aromatic heterocycles. The van der Waals surface area contributed by atoms with Gasteiger partial charge in [0.05, 0.1) is 5.56 Å². The fourth-order valence-electron chi connectivity index (χ4n) is 2.53. The Hall–Kier alpha value is -2.69. The summed E-state index contributed by atoms with van der Waals surface area (Å²) in [6.07, 6.45) is 0. The molecule has 1 N–H and O–H groups in total. The molecule has 25 heavy (non-hydrogen) atoms. The number of nitrogens with one attached hydrogen (secondary N) is 1. The van der Waals surface area contributed by atoms with E-state index in [4.69, 9.17) is 0 Å². The Balaban J connectivity index is 1.99. The lowest BCUT2D eigenvalue weighted by Crippen LogP contribution is -2.37. The maximum Gasteiger partial charge on any atom is 0.254 e. The Morgan fingerprint density at radius 1 is 1.08 bits per heavy atom. The Morgan fingerprint density at radius 3 is 2.28 bits per heavy atom. The van der Waals surface area contributed by atoms with Crippen molar-refractivity contribution in [2.75, 3.05) is 18.0 Å². The van der Waals surface area contributed by atoms with Gasteiger partial charge in [0, 0.05) is 25.7 Å². The summed E-state index contributed by atoms with van der Waals surface area (Å²) in [6, 6.07) is 13.6. The van der Waals surface area contributed by atoms with Gasteiger partial charge in [-0.05, 0) is 35.7 Å². The van der Waals surface area contributed by atoms with Crippen molar-refractivity contribution in [1.82, 2.24) is 5.32 Å². The van der Waals surface area contributed by atoms with E-state index < -0.39 is 11.7 Å². The summed E-state index contributed by atoms with van der Waals surface area (Å²) in [7, 11) is 0. The maximum absolute atomic E-state index is 13.6. The van der Waals surface area contributed by atoms with E-state index in [1.54, 1.807) is 11.0 Å². The Bertz CT molecular complexity index is 742. The summed E-state index contributed by atoms with van der Waals surface area (Å²) in [5, 5.41) is 2.65. The van der Waals surface area contributed by atoms with Crippen molar-refractivity contribution in [2.24, 2.45) is 0 Å². The molecule has 0 aliphatic rings. The normalized spacial score (nSPS) is 10.6.